The first-order valence-electron chi connectivity index (χ1n) is 6.36. The van der Waals surface area contributed by atoms with Gasteiger partial charge in [-0.3, -0.25) is 9.69 Å². The highest BCUT2D eigenvalue weighted by atomic mass is 32.2. The van der Waals surface area contributed by atoms with Crippen LogP contribution in [0.1, 0.15) is 12.0 Å². The average molecular weight is 295 g/mol. The largest absolute Gasteiger partial charge is 0.481 e. The van der Waals surface area contributed by atoms with Crippen molar-refractivity contribution in [2.24, 2.45) is 0 Å². The smallest absolute Gasteiger partial charge is 0.307 e. The molecular weight excluding hydrogens is 278 g/mol. The molecule has 20 heavy (non-hydrogen) atoms. The summed E-state index contributed by atoms with van der Waals surface area (Å²) in [6, 6.07) is 6.00. The van der Waals surface area contributed by atoms with E-state index in [4.69, 9.17) is 5.11 Å². The number of hydrogen-bond donors (Lipinski definition) is 1. The molecule has 1 unspecified atom stereocenters. The van der Waals surface area contributed by atoms with E-state index in [2.05, 4.69) is 6.58 Å². The zero-order valence-electron chi connectivity index (χ0n) is 11.0. The fourth-order valence-corrected chi connectivity index (χ4v) is 3.83. The van der Waals surface area contributed by atoms with E-state index in [-0.39, 0.29) is 11.3 Å². The number of benzene rings is 1. The lowest BCUT2D eigenvalue weighted by Gasteiger charge is -2.36. The van der Waals surface area contributed by atoms with Crippen LogP contribution in [0.15, 0.2) is 41.8 Å². The summed E-state index contributed by atoms with van der Waals surface area (Å²) in [5, 5.41) is 7.99. The maximum Gasteiger partial charge on any atom is 0.307 e. The molecule has 1 aliphatic rings. The third-order valence-corrected chi connectivity index (χ3v) is 5.43. The summed E-state index contributed by atoms with van der Waals surface area (Å²) in [5.74, 6) is -0.940. The molecule has 1 fully saturated rings. The molecule has 1 aromatic rings. The standard InChI is InChI=1S/C14H17NO4S/c1-2-13(15-8-3-9-15)20(18,19)12-6-4-11(5-7-12)10-14(16)17/h2,4-7,13H,1,3,8-10H2,(H,16,17). The normalized spacial score (nSPS) is 17.2. The summed E-state index contributed by atoms with van der Waals surface area (Å²) in [6.45, 7) is 5.13. The van der Waals surface area contributed by atoms with Crippen LogP contribution in [0.5, 0.6) is 0 Å². The lowest BCUT2D eigenvalue weighted by Crippen LogP contribution is -2.47. The van der Waals surface area contributed by atoms with Gasteiger partial charge in [-0.15, -0.1) is 6.58 Å². The summed E-state index contributed by atoms with van der Waals surface area (Å²) < 4.78 is 25.0. The minimum Gasteiger partial charge on any atom is -0.481 e. The molecule has 1 aliphatic heterocycles. The molecule has 0 bridgehead atoms. The van der Waals surface area contributed by atoms with Crippen molar-refractivity contribution in [3.63, 3.8) is 0 Å². The predicted molar refractivity (Wildman–Crippen MR) is 75.1 cm³/mol. The van der Waals surface area contributed by atoms with Crippen LogP contribution in [0.4, 0.5) is 0 Å². The number of sulfone groups is 1. The Morgan fingerprint density at radius 1 is 1.35 bits per heavy atom. The van der Waals surface area contributed by atoms with E-state index in [9.17, 15) is 13.2 Å². The molecule has 1 N–H and O–H groups in total. The molecule has 0 amide bonds. The van der Waals surface area contributed by atoms with Gasteiger partial charge in [0, 0.05) is 13.1 Å². The molecule has 6 heteroatoms. The maximum absolute atomic E-state index is 12.5. The molecule has 1 saturated heterocycles. The Morgan fingerprint density at radius 3 is 2.35 bits per heavy atom. The Morgan fingerprint density at radius 2 is 1.95 bits per heavy atom. The number of carbonyl (C=O) groups is 1. The van der Waals surface area contributed by atoms with Gasteiger partial charge in [0.05, 0.1) is 11.3 Å². The van der Waals surface area contributed by atoms with Gasteiger partial charge in [-0.25, -0.2) is 8.42 Å². The van der Waals surface area contributed by atoms with Crippen LogP contribution in [-0.2, 0) is 21.1 Å². The lowest BCUT2D eigenvalue weighted by atomic mass is 10.2. The van der Waals surface area contributed by atoms with Crippen molar-refractivity contribution in [2.45, 2.75) is 23.1 Å². The Balaban J connectivity index is 2.24. The van der Waals surface area contributed by atoms with E-state index in [0.29, 0.717) is 5.56 Å². The van der Waals surface area contributed by atoms with E-state index >= 15 is 0 Å². The van der Waals surface area contributed by atoms with Crippen molar-refractivity contribution in [3.8, 4) is 0 Å². The Kier molecular flexibility index (Phi) is 4.25. The lowest BCUT2D eigenvalue weighted by molar-refractivity contribution is -0.136. The molecule has 0 radical (unpaired) electrons. The van der Waals surface area contributed by atoms with Crippen LogP contribution in [0.3, 0.4) is 0 Å². The Labute approximate surface area is 118 Å². The van der Waals surface area contributed by atoms with Gasteiger partial charge < -0.3 is 5.11 Å². The van der Waals surface area contributed by atoms with Gasteiger partial charge in [-0.05, 0) is 24.1 Å². The number of aliphatic carboxylic acids is 1. The summed E-state index contributed by atoms with van der Waals surface area (Å²) >= 11 is 0. The predicted octanol–water partition coefficient (Wildman–Crippen LogP) is 1.31. The molecule has 0 aromatic heterocycles. The van der Waals surface area contributed by atoms with Crippen LogP contribution < -0.4 is 0 Å². The molecular formula is C14H17NO4S. The first kappa shape index (κ1) is 14.7. The van der Waals surface area contributed by atoms with Gasteiger partial charge >= 0.3 is 5.97 Å². The van der Waals surface area contributed by atoms with Crippen molar-refractivity contribution in [2.75, 3.05) is 13.1 Å². The van der Waals surface area contributed by atoms with Gasteiger partial charge in [0.2, 0.25) is 0 Å². The fraction of sp³-hybridized carbons (Fsp3) is 0.357. The number of hydrogen-bond acceptors (Lipinski definition) is 4. The average Bonchev–Trinajstić information content (AvgIpc) is 2.33. The highest BCUT2D eigenvalue weighted by Crippen LogP contribution is 2.24. The molecule has 1 heterocycles. The number of rotatable bonds is 6. The van der Waals surface area contributed by atoms with Crippen LogP contribution >= 0.6 is 0 Å². The third-order valence-electron chi connectivity index (χ3n) is 3.38. The molecule has 2 rings (SSSR count). The first-order valence-corrected chi connectivity index (χ1v) is 7.91. The second kappa shape index (κ2) is 5.76. The highest BCUT2D eigenvalue weighted by Gasteiger charge is 2.33. The zero-order valence-corrected chi connectivity index (χ0v) is 11.8. The van der Waals surface area contributed by atoms with Crippen molar-refractivity contribution in [1.82, 2.24) is 4.90 Å². The van der Waals surface area contributed by atoms with E-state index in [1.165, 1.54) is 30.3 Å². The van der Waals surface area contributed by atoms with Gasteiger partial charge in [0.1, 0.15) is 5.37 Å². The zero-order chi connectivity index (χ0) is 14.8. The third kappa shape index (κ3) is 2.91. The summed E-state index contributed by atoms with van der Waals surface area (Å²) in [6.07, 6.45) is 2.33. The summed E-state index contributed by atoms with van der Waals surface area (Å²) in [4.78, 5) is 12.7. The summed E-state index contributed by atoms with van der Waals surface area (Å²) in [5.41, 5.74) is 0.579. The summed E-state index contributed by atoms with van der Waals surface area (Å²) in [7, 11) is -3.50. The Bertz CT molecular complexity index is 603. The van der Waals surface area contributed by atoms with Gasteiger partial charge in [-0.1, -0.05) is 18.2 Å². The molecule has 108 valence electrons. The second-order valence-electron chi connectivity index (χ2n) is 4.78. The number of carboxylic acids is 1. The van der Waals surface area contributed by atoms with E-state index in [1.54, 1.807) is 0 Å². The maximum atomic E-state index is 12.5. The topological polar surface area (TPSA) is 74.7 Å². The van der Waals surface area contributed by atoms with Crippen LogP contribution in [-0.4, -0.2) is 42.9 Å². The first-order chi connectivity index (χ1) is 9.45. The van der Waals surface area contributed by atoms with Gasteiger partial charge in [0.15, 0.2) is 9.84 Å². The van der Waals surface area contributed by atoms with E-state index in [1.807, 2.05) is 4.90 Å². The number of nitrogens with zero attached hydrogens (tertiary/aromatic N) is 1. The molecule has 1 atom stereocenters. The molecule has 5 nitrogen and oxygen atoms in total. The molecule has 1 aromatic carbocycles. The van der Waals surface area contributed by atoms with Gasteiger partial charge in [-0.2, -0.15) is 0 Å². The van der Waals surface area contributed by atoms with Crippen LogP contribution in [0.25, 0.3) is 0 Å². The van der Waals surface area contributed by atoms with Crippen molar-refractivity contribution < 1.29 is 18.3 Å². The quantitative estimate of drug-likeness (QED) is 0.801. The minimum absolute atomic E-state index is 0.114. The van der Waals surface area contributed by atoms with Crippen molar-refractivity contribution in [3.05, 3.63) is 42.5 Å². The molecule has 0 spiro atoms. The van der Waals surface area contributed by atoms with E-state index < -0.39 is 21.2 Å². The minimum atomic E-state index is -3.50. The second-order valence-corrected chi connectivity index (χ2v) is 6.82. The van der Waals surface area contributed by atoms with Crippen LogP contribution in [0, 0.1) is 0 Å². The SMILES string of the molecule is C=CC(N1CCC1)S(=O)(=O)c1ccc(CC(=O)O)cc1. The monoisotopic (exact) mass is 295 g/mol. The van der Waals surface area contributed by atoms with Crippen LogP contribution in [0.2, 0.25) is 0 Å². The number of likely N-dealkylation sites (tertiary alicyclic amines) is 1. The van der Waals surface area contributed by atoms with Gasteiger partial charge in [0.25, 0.3) is 0 Å². The Hall–Kier alpha value is -1.66. The highest BCUT2D eigenvalue weighted by molar-refractivity contribution is 7.92. The van der Waals surface area contributed by atoms with Crippen molar-refractivity contribution >= 4 is 15.8 Å². The fourth-order valence-electron chi connectivity index (χ4n) is 2.18. The van der Waals surface area contributed by atoms with E-state index in [0.717, 1.165) is 19.5 Å². The number of carboxylic acid groups (broad SMARTS) is 1. The molecule has 0 aliphatic carbocycles. The molecule has 0 saturated carbocycles. The van der Waals surface area contributed by atoms with Crippen molar-refractivity contribution in [1.29, 1.82) is 0 Å².